The Morgan fingerprint density at radius 3 is 2.65 bits per heavy atom. The summed E-state index contributed by atoms with van der Waals surface area (Å²) in [5, 5.41) is 12.2. The van der Waals surface area contributed by atoms with Gasteiger partial charge in [0.05, 0.1) is 12.7 Å². The van der Waals surface area contributed by atoms with E-state index in [0.717, 1.165) is 16.8 Å². The van der Waals surface area contributed by atoms with Crippen molar-refractivity contribution >= 4 is 23.0 Å². The molecule has 1 heterocycles. The molecule has 0 aliphatic heterocycles. The van der Waals surface area contributed by atoms with E-state index < -0.39 is 0 Å². The summed E-state index contributed by atoms with van der Waals surface area (Å²) >= 11 is 1.45. The van der Waals surface area contributed by atoms with Gasteiger partial charge in [-0.3, -0.25) is 0 Å². The molecule has 3 aromatic rings. The molecule has 0 saturated carbocycles. The van der Waals surface area contributed by atoms with Gasteiger partial charge in [0.2, 0.25) is 0 Å². The van der Waals surface area contributed by atoms with Gasteiger partial charge in [0, 0.05) is 16.6 Å². The van der Waals surface area contributed by atoms with Crippen LogP contribution in [-0.2, 0) is 6.61 Å². The van der Waals surface area contributed by atoms with Gasteiger partial charge >= 0.3 is 0 Å². The van der Waals surface area contributed by atoms with Gasteiger partial charge in [0.25, 0.3) is 0 Å². The Morgan fingerprint density at radius 2 is 2.00 bits per heavy atom. The lowest BCUT2D eigenvalue weighted by molar-refractivity contribution is 0.284. The molecule has 4 nitrogen and oxygen atoms in total. The largest absolute Gasteiger partial charge is 0.493 e. The van der Waals surface area contributed by atoms with E-state index in [-0.39, 0.29) is 0 Å². The van der Waals surface area contributed by atoms with Crippen molar-refractivity contribution in [1.29, 1.82) is 5.26 Å². The van der Waals surface area contributed by atoms with Crippen LogP contribution in [0.3, 0.4) is 0 Å². The number of hydrogen-bond acceptors (Lipinski definition) is 5. The summed E-state index contributed by atoms with van der Waals surface area (Å²) in [6.07, 6.45) is 1.79. The highest BCUT2D eigenvalue weighted by Gasteiger charge is 2.12. The van der Waals surface area contributed by atoms with Crippen LogP contribution >= 0.6 is 11.3 Å². The van der Waals surface area contributed by atoms with Crippen molar-refractivity contribution < 1.29 is 9.47 Å². The van der Waals surface area contributed by atoms with Gasteiger partial charge in [0.15, 0.2) is 11.5 Å². The predicted molar refractivity (Wildman–Crippen MR) is 104 cm³/mol. The molecule has 2 aromatic carbocycles. The van der Waals surface area contributed by atoms with E-state index >= 15 is 0 Å². The maximum atomic E-state index is 9.55. The number of hydrogen-bond donors (Lipinski definition) is 0. The van der Waals surface area contributed by atoms with Crippen molar-refractivity contribution in [3.63, 3.8) is 0 Å². The van der Waals surface area contributed by atoms with Crippen molar-refractivity contribution in [2.45, 2.75) is 13.5 Å². The summed E-state index contributed by atoms with van der Waals surface area (Å²) < 4.78 is 11.5. The van der Waals surface area contributed by atoms with E-state index in [4.69, 9.17) is 9.47 Å². The Labute approximate surface area is 157 Å². The summed E-state index contributed by atoms with van der Waals surface area (Å²) in [5.41, 5.74) is 3.24. The molecule has 5 heteroatoms. The summed E-state index contributed by atoms with van der Waals surface area (Å²) in [5.74, 6) is 1.24. The van der Waals surface area contributed by atoms with Crippen LogP contribution in [-0.4, -0.2) is 12.1 Å². The minimum atomic E-state index is 0.417. The van der Waals surface area contributed by atoms with Crippen LogP contribution in [0.25, 0.3) is 11.6 Å². The number of aryl methyl sites for hydroxylation is 1. The number of allylic oxidation sites excluding steroid dienone is 1. The summed E-state index contributed by atoms with van der Waals surface area (Å²) in [7, 11) is 1.60. The van der Waals surface area contributed by atoms with Crippen LogP contribution in [0.1, 0.15) is 21.8 Å². The average molecular weight is 362 g/mol. The first-order valence-electron chi connectivity index (χ1n) is 8.09. The van der Waals surface area contributed by atoms with Crippen LogP contribution < -0.4 is 9.47 Å². The van der Waals surface area contributed by atoms with Crippen LogP contribution in [0, 0.1) is 18.3 Å². The number of rotatable bonds is 6. The zero-order valence-electron chi connectivity index (χ0n) is 14.6. The van der Waals surface area contributed by atoms with Crippen molar-refractivity contribution in [2.24, 2.45) is 0 Å². The molecule has 0 atom stereocenters. The number of nitriles is 1. The van der Waals surface area contributed by atoms with Crippen LogP contribution in [0.15, 0.2) is 53.9 Å². The van der Waals surface area contributed by atoms with Gasteiger partial charge in [-0.15, -0.1) is 11.3 Å². The van der Waals surface area contributed by atoms with Crippen LogP contribution in [0.4, 0.5) is 0 Å². The number of para-hydroxylation sites is 1. The Balaban J connectivity index is 1.96. The molecule has 0 unspecified atom stereocenters. The fourth-order valence-electron chi connectivity index (χ4n) is 2.47. The number of thiazole rings is 1. The first-order chi connectivity index (χ1) is 12.7. The van der Waals surface area contributed by atoms with Gasteiger partial charge in [-0.05, 0) is 24.6 Å². The zero-order valence-corrected chi connectivity index (χ0v) is 15.4. The lowest BCUT2D eigenvalue weighted by Gasteiger charge is -2.13. The van der Waals surface area contributed by atoms with Gasteiger partial charge in [-0.1, -0.05) is 42.5 Å². The molecule has 1 aromatic heterocycles. The van der Waals surface area contributed by atoms with E-state index in [1.54, 1.807) is 13.2 Å². The fourth-order valence-corrected chi connectivity index (χ4v) is 3.23. The van der Waals surface area contributed by atoms with Crippen molar-refractivity contribution in [1.82, 2.24) is 4.98 Å². The smallest absolute Gasteiger partial charge is 0.168 e. The van der Waals surface area contributed by atoms with Crippen LogP contribution in [0.5, 0.6) is 11.5 Å². The topological polar surface area (TPSA) is 55.1 Å². The lowest BCUT2D eigenvalue weighted by atomic mass is 10.1. The van der Waals surface area contributed by atoms with Gasteiger partial charge in [-0.2, -0.15) is 5.26 Å². The molecule has 0 amide bonds. The molecule has 26 heavy (non-hydrogen) atoms. The van der Waals surface area contributed by atoms with Gasteiger partial charge in [0.1, 0.15) is 17.7 Å². The van der Waals surface area contributed by atoms with Gasteiger partial charge in [-0.25, -0.2) is 4.98 Å². The summed E-state index contributed by atoms with van der Waals surface area (Å²) in [4.78, 5) is 4.40. The normalized spacial score (nSPS) is 11.0. The average Bonchev–Trinajstić information content (AvgIpc) is 3.11. The summed E-state index contributed by atoms with van der Waals surface area (Å²) in [6.45, 7) is 2.33. The molecule has 0 fully saturated rings. The molecule has 130 valence electrons. The molecule has 0 bridgehead atoms. The second-order valence-electron chi connectivity index (χ2n) is 5.62. The van der Waals surface area contributed by atoms with Crippen molar-refractivity contribution in [3.8, 4) is 17.6 Å². The van der Waals surface area contributed by atoms with Crippen molar-refractivity contribution in [2.75, 3.05) is 7.11 Å². The quantitative estimate of drug-likeness (QED) is 0.572. The molecule has 0 aliphatic rings. The third kappa shape index (κ3) is 4.11. The standard InChI is InChI=1S/C21H18N2O2S/c1-15-14-26-21(23-15)18(12-22)11-17-9-6-10-19(24-2)20(17)25-13-16-7-4-3-5-8-16/h3-11,14H,13H2,1-2H3/b18-11-. The number of ether oxygens (including phenoxy) is 2. The number of benzene rings is 2. The second-order valence-corrected chi connectivity index (χ2v) is 6.47. The SMILES string of the molecule is COc1cccc(/C=C(/C#N)c2nc(C)cs2)c1OCc1ccccc1. The molecule has 0 spiro atoms. The highest BCUT2D eigenvalue weighted by Crippen LogP contribution is 2.34. The molecular formula is C21H18N2O2S. The van der Waals surface area contributed by atoms with E-state index in [0.29, 0.717) is 28.7 Å². The van der Waals surface area contributed by atoms with E-state index in [1.807, 2.05) is 60.8 Å². The summed E-state index contributed by atoms with van der Waals surface area (Å²) in [6, 6.07) is 17.8. The molecule has 0 N–H and O–H groups in total. The van der Waals surface area contributed by atoms with E-state index in [9.17, 15) is 5.26 Å². The number of nitrogens with zero attached hydrogens (tertiary/aromatic N) is 2. The minimum Gasteiger partial charge on any atom is -0.493 e. The predicted octanol–water partition coefficient (Wildman–Crippen LogP) is 5.10. The second kappa shape index (κ2) is 8.32. The zero-order chi connectivity index (χ0) is 18.4. The third-order valence-electron chi connectivity index (χ3n) is 3.72. The Bertz CT molecular complexity index is 956. The molecule has 0 saturated heterocycles. The van der Waals surface area contributed by atoms with Gasteiger partial charge < -0.3 is 9.47 Å². The molecular weight excluding hydrogens is 344 g/mol. The maximum Gasteiger partial charge on any atom is 0.168 e. The Hall–Kier alpha value is -3.10. The Morgan fingerprint density at radius 1 is 1.19 bits per heavy atom. The number of aromatic nitrogens is 1. The molecule has 0 radical (unpaired) electrons. The maximum absolute atomic E-state index is 9.55. The highest BCUT2D eigenvalue weighted by molar-refractivity contribution is 7.11. The first-order valence-corrected chi connectivity index (χ1v) is 8.97. The van der Waals surface area contributed by atoms with Crippen molar-refractivity contribution in [3.05, 3.63) is 75.7 Å². The minimum absolute atomic E-state index is 0.417. The first kappa shape index (κ1) is 17.7. The lowest BCUT2D eigenvalue weighted by Crippen LogP contribution is -1.99. The van der Waals surface area contributed by atoms with Crippen LogP contribution in [0.2, 0.25) is 0 Å². The highest BCUT2D eigenvalue weighted by atomic mass is 32.1. The molecule has 0 aliphatic carbocycles. The number of methoxy groups -OCH3 is 1. The van der Waals surface area contributed by atoms with E-state index in [2.05, 4.69) is 11.1 Å². The molecule has 3 rings (SSSR count). The monoisotopic (exact) mass is 362 g/mol. The fraction of sp³-hybridized carbons (Fsp3) is 0.143. The third-order valence-corrected chi connectivity index (χ3v) is 4.72. The Kier molecular flexibility index (Phi) is 5.67. The van der Waals surface area contributed by atoms with E-state index in [1.165, 1.54) is 11.3 Å².